The van der Waals surface area contributed by atoms with Crippen LogP contribution >= 0.6 is 0 Å². The molecule has 2 unspecified atom stereocenters. The first-order chi connectivity index (χ1) is 18.9. The number of anilines is 1. The molecule has 0 aliphatic carbocycles. The van der Waals surface area contributed by atoms with Gasteiger partial charge in [-0.05, 0) is 47.4 Å². The fourth-order valence-corrected chi connectivity index (χ4v) is 4.82. The highest BCUT2D eigenvalue weighted by molar-refractivity contribution is 6.00. The molecule has 0 spiro atoms. The van der Waals surface area contributed by atoms with Crippen LogP contribution in [0.15, 0.2) is 78.9 Å². The van der Waals surface area contributed by atoms with Gasteiger partial charge in [-0.3, -0.25) is 14.5 Å². The Morgan fingerprint density at radius 3 is 2.44 bits per heavy atom. The maximum absolute atomic E-state index is 13.3. The zero-order chi connectivity index (χ0) is 27.4. The summed E-state index contributed by atoms with van der Waals surface area (Å²) in [6.07, 6.45) is -0.691. The highest BCUT2D eigenvalue weighted by Gasteiger charge is 2.43. The summed E-state index contributed by atoms with van der Waals surface area (Å²) in [6.45, 7) is 0.0852. The molecule has 0 radical (unpaired) electrons. The predicted molar refractivity (Wildman–Crippen MR) is 141 cm³/mol. The van der Waals surface area contributed by atoms with Gasteiger partial charge in [0.05, 0.1) is 11.6 Å². The van der Waals surface area contributed by atoms with Crippen LogP contribution in [0.3, 0.4) is 0 Å². The Morgan fingerprint density at radius 1 is 0.974 bits per heavy atom. The fraction of sp³-hybridized carbons (Fsp3) is 0.241. The van der Waals surface area contributed by atoms with Crippen molar-refractivity contribution in [2.24, 2.45) is 0 Å². The fourth-order valence-electron chi connectivity index (χ4n) is 4.82. The molecule has 2 aliphatic heterocycles. The minimum Gasteiger partial charge on any atom is -0.440 e. The number of nitrogens with one attached hydrogen (secondary N) is 2. The third kappa shape index (κ3) is 5.82. The van der Waals surface area contributed by atoms with E-state index in [0.717, 1.165) is 16.0 Å². The number of likely N-dealkylation sites (tertiary alicyclic amines) is 1. The van der Waals surface area contributed by atoms with Gasteiger partial charge < -0.3 is 20.5 Å². The van der Waals surface area contributed by atoms with Crippen molar-refractivity contribution in [2.45, 2.75) is 38.2 Å². The second-order valence-electron chi connectivity index (χ2n) is 9.39. The van der Waals surface area contributed by atoms with Crippen molar-refractivity contribution in [2.75, 3.05) is 12.0 Å². The number of carbonyl (C=O) groups excluding carboxylic acids is 4. The number of fused-ring (bicyclic) bond motifs is 1. The summed E-state index contributed by atoms with van der Waals surface area (Å²) in [7, 11) is 0. The standard InChI is InChI=1S/C29H28N4O6/c34-25-14-13-24(27(36)33(25)18-39-28(37)20-7-3-1-4-8-20)32-17-21-15-19(11-12-23(21)26(32)35)16-30-29(38)31-22-9-5-2-6-10-22/h1-12,15,24,26,35H,13-14,16-18H2,(H2,30,31,38). The molecule has 10 nitrogen and oxygen atoms in total. The van der Waals surface area contributed by atoms with E-state index in [4.69, 9.17) is 4.74 Å². The molecule has 0 aromatic heterocycles. The Labute approximate surface area is 225 Å². The van der Waals surface area contributed by atoms with Crippen LogP contribution in [0.5, 0.6) is 0 Å². The Balaban J connectivity index is 1.20. The van der Waals surface area contributed by atoms with Crippen molar-refractivity contribution in [3.63, 3.8) is 0 Å². The number of rotatable bonds is 7. The average Bonchev–Trinajstić information content (AvgIpc) is 3.28. The number of piperidine rings is 1. The molecule has 2 heterocycles. The van der Waals surface area contributed by atoms with E-state index in [1.807, 2.05) is 30.3 Å². The Kier molecular flexibility index (Phi) is 7.67. The van der Waals surface area contributed by atoms with E-state index in [9.17, 15) is 24.3 Å². The second-order valence-corrected chi connectivity index (χ2v) is 9.39. The molecule has 0 bridgehead atoms. The van der Waals surface area contributed by atoms with Crippen molar-refractivity contribution < 1.29 is 29.0 Å². The van der Waals surface area contributed by atoms with E-state index >= 15 is 0 Å². The molecule has 3 N–H and O–H groups in total. The van der Waals surface area contributed by atoms with Gasteiger partial charge in [-0.15, -0.1) is 0 Å². The molecule has 2 aliphatic rings. The smallest absolute Gasteiger partial charge is 0.339 e. The van der Waals surface area contributed by atoms with Crippen LogP contribution in [0.4, 0.5) is 10.5 Å². The van der Waals surface area contributed by atoms with Crippen molar-refractivity contribution in [1.82, 2.24) is 15.1 Å². The molecule has 2 atom stereocenters. The molecule has 1 saturated heterocycles. The zero-order valence-electron chi connectivity index (χ0n) is 21.1. The van der Waals surface area contributed by atoms with Crippen LogP contribution in [0.1, 0.15) is 46.1 Å². The molecule has 39 heavy (non-hydrogen) atoms. The van der Waals surface area contributed by atoms with Crippen LogP contribution in [-0.2, 0) is 27.4 Å². The molecular weight excluding hydrogens is 500 g/mol. The number of hydrogen-bond acceptors (Lipinski definition) is 7. The minimum atomic E-state index is -1.03. The number of nitrogens with zero attached hydrogens (tertiary/aromatic N) is 2. The minimum absolute atomic E-state index is 0.0879. The lowest BCUT2D eigenvalue weighted by Crippen LogP contribution is -2.54. The second kappa shape index (κ2) is 11.5. The van der Waals surface area contributed by atoms with E-state index in [0.29, 0.717) is 23.4 Å². The summed E-state index contributed by atoms with van der Waals surface area (Å²) < 4.78 is 5.23. The maximum Gasteiger partial charge on any atom is 0.339 e. The van der Waals surface area contributed by atoms with Gasteiger partial charge >= 0.3 is 12.0 Å². The Hall–Kier alpha value is -4.54. The van der Waals surface area contributed by atoms with E-state index in [-0.39, 0.29) is 25.4 Å². The van der Waals surface area contributed by atoms with E-state index < -0.39 is 36.8 Å². The van der Waals surface area contributed by atoms with Gasteiger partial charge in [0.15, 0.2) is 6.73 Å². The first kappa shape index (κ1) is 26.1. The van der Waals surface area contributed by atoms with Crippen molar-refractivity contribution in [3.05, 3.63) is 101 Å². The van der Waals surface area contributed by atoms with E-state index in [1.54, 1.807) is 53.4 Å². The van der Waals surface area contributed by atoms with Crippen LogP contribution in [-0.4, -0.2) is 51.5 Å². The van der Waals surface area contributed by atoms with Crippen LogP contribution < -0.4 is 10.6 Å². The van der Waals surface area contributed by atoms with Gasteiger partial charge in [-0.25, -0.2) is 14.5 Å². The van der Waals surface area contributed by atoms with Gasteiger partial charge in [-0.2, -0.15) is 0 Å². The molecule has 200 valence electrons. The summed E-state index contributed by atoms with van der Waals surface area (Å²) in [6, 6.07) is 21.8. The quantitative estimate of drug-likeness (QED) is 0.317. The molecule has 0 saturated carbocycles. The van der Waals surface area contributed by atoms with Gasteiger partial charge in [0.25, 0.3) is 0 Å². The lowest BCUT2D eigenvalue weighted by molar-refractivity contribution is -0.161. The Morgan fingerprint density at radius 2 is 1.69 bits per heavy atom. The number of imide groups is 1. The highest BCUT2D eigenvalue weighted by atomic mass is 16.5. The predicted octanol–water partition coefficient (Wildman–Crippen LogP) is 3.15. The summed E-state index contributed by atoms with van der Waals surface area (Å²) in [5.74, 6) is -1.57. The summed E-state index contributed by atoms with van der Waals surface area (Å²) in [5.41, 5.74) is 3.34. The number of para-hydroxylation sites is 1. The van der Waals surface area contributed by atoms with Crippen molar-refractivity contribution in [1.29, 1.82) is 0 Å². The number of ether oxygens (including phenoxy) is 1. The topological polar surface area (TPSA) is 128 Å². The Bertz CT molecular complexity index is 1380. The van der Waals surface area contributed by atoms with E-state index in [1.165, 1.54) is 0 Å². The SMILES string of the molecule is O=C(NCc1ccc2c(c1)CN(C1CCC(=O)N(COC(=O)c3ccccc3)C1=O)C2O)Nc1ccccc1. The van der Waals surface area contributed by atoms with Crippen LogP contribution in [0.25, 0.3) is 0 Å². The molecule has 1 fully saturated rings. The van der Waals surface area contributed by atoms with Crippen molar-refractivity contribution in [3.8, 4) is 0 Å². The normalized spacial score (nSPS) is 18.9. The summed E-state index contributed by atoms with van der Waals surface area (Å²) in [5, 5.41) is 16.6. The van der Waals surface area contributed by atoms with Gasteiger partial charge in [0, 0.05) is 25.2 Å². The van der Waals surface area contributed by atoms with Crippen LogP contribution in [0.2, 0.25) is 0 Å². The number of aliphatic hydroxyl groups is 1. The third-order valence-electron chi connectivity index (χ3n) is 6.86. The first-order valence-electron chi connectivity index (χ1n) is 12.6. The number of benzene rings is 3. The van der Waals surface area contributed by atoms with Gasteiger partial charge in [0.2, 0.25) is 11.8 Å². The number of amides is 4. The van der Waals surface area contributed by atoms with Gasteiger partial charge in [-0.1, -0.05) is 54.6 Å². The van der Waals surface area contributed by atoms with Crippen LogP contribution in [0, 0.1) is 0 Å². The van der Waals surface area contributed by atoms with E-state index in [2.05, 4.69) is 10.6 Å². The summed E-state index contributed by atoms with van der Waals surface area (Å²) in [4.78, 5) is 52.9. The molecule has 3 aromatic rings. The molecule has 3 aromatic carbocycles. The highest BCUT2D eigenvalue weighted by Crippen LogP contribution is 2.36. The molecule has 10 heteroatoms. The zero-order valence-corrected chi connectivity index (χ0v) is 21.1. The number of carbonyl (C=O) groups is 4. The third-order valence-corrected chi connectivity index (χ3v) is 6.86. The van der Waals surface area contributed by atoms with Gasteiger partial charge in [0.1, 0.15) is 6.23 Å². The average molecular weight is 529 g/mol. The first-order valence-corrected chi connectivity index (χ1v) is 12.6. The lowest BCUT2D eigenvalue weighted by atomic mass is 10.0. The summed E-state index contributed by atoms with van der Waals surface area (Å²) >= 11 is 0. The largest absolute Gasteiger partial charge is 0.440 e. The number of aliphatic hydroxyl groups excluding tert-OH is 1. The molecule has 5 rings (SSSR count). The number of hydrogen-bond donors (Lipinski definition) is 3. The number of urea groups is 1. The number of esters is 1. The molecule has 4 amide bonds. The monoisotopic (exact) mass is 528 g/mol. The van der Waals surface area contributed by atoms with Crippen molar-refractivity contribution >= 4 is 29.5 Å². The molecular formula is C29H28N4O6. The lowest BCUT2D eigenvalue weighted by Gasteiger charge is -2.36. The maximum atomic E-state index is 13.3.